The summed E-state index contributed by atoms with van der Waals surface area (Å²) in [6.45, 7) is 7.64. The van der Waals surface area contributed by atoms with Crippen LogP contribution in [0.1, 0.15) is 32.4 Å². The highest BCUT2D eigenvalue weighted by atomic mass is 35.5. The molecule has 0 saturated carbocycles. The van der Waals surface area contributed by atoms with Gasteiger partial charge in [0.05, 0.1) is 0 Å². The molecule has 4 heteroatoms. The van der Waals surface area contributed by atoms with E-state index in [9.17, 15) is 0 Å². The van der Waals surface area contributed by atoms with Crippen molar-refractivity contribution in [3.05, 3.63) is 23.8 Å². The Morgan fingerprint density at radius 2 is 1.71 bits per heavy atom. The van der Waals surface area contributed by atoms with Crippen molar-refractivity contribution in [2.45, 2.75) is 26.8 Å². The molecular weight excluding hydrogens is 238 g/mol. The van der Waals surface area contributed by atoms with Gasteiger partial charge in [-0.05, 0) is 23.1 Å². The lowest BCUT2D eigenvalue weighted by atomic mass is 9.83. The Bertz CT molecular complexity index is 387. The highest BCUT2D eigenvalue weighted by Crippen LogP contribution is 2.36. The zero-order chi connectivity index (χ0) is 11.8. The first-order valence-corrected chi connectivity index (χ1v) is 5.63. The summed E-state index contributed by atoms with van der Waals surface area (Å²) in [5.41, 5.74) is 7.35. The van der Waals surface area contributed by atoms with Crippen LogP contribution in [0, 0.1) is 5.41 Å². The van der Waals surface area contributed by atoms with Gasteiger partial charge in [-0.1, -0.05) is 26.8 Å². The van der Waals surface area contributed by atoms with Gasteiger partial charge in [-0.2, -0.15) is 0 Å². The van der Waals surface area contributed by atoms with E-state index < -0.39 is 0 Å². The van der Waals surface area contributed by atoms with E-state index >= 15 is 0 Å². The molecule has 0 spiro atoms. The smallest absolute Gasteiger partial charge is 0.161 e. The molecule has 2 rings (SSSR count). The van der Waals surface area contributed by atoms with Crippen LogP contribution in [-0.4, -0.2) is 13.2 Å². The first-order chi connectivity index (χ1) is 7.48. The molecule has 0 bridgehead atoms. The molecule has 1 aromatic carbocycles. The van der Waals surface area contributed by atoms with E-state index in [2.05, 4.69) is 20.8 Å². The van der Waals surface area contributed by atoms with E-state index in [0.29, 0.717) is 13.2 Å². The molecule has 0 unspecified atom stereocenters. The molecule has 0 aliphatic carbocycles. The maximum Gasteiger partial charge on any atom is 0.161 e. The van der Waals surface area contributed by atoms with Crippen LogP contribution in [0.15, 0.2) is 18.2 Å². The van der Waals surface area contributed by atoms with Gasteiger partial charge < -0.3 is 15.2 Å². The quantitative estimate of drug-likeness (QED) is 0.841. The lowest BCUT2D eigenvalue weighted by Crippen LogP contribution is -2.26. The summed E-state index contributed by atoms with van der Waals surface area (Å²) in [5, 5.41) is 0. The minimum Gasteiger partial charge on any atom is -0.486 e. The summed E-state index contributed by atoms with van der Waals surface area (Å²) in [6.07, 6.45) is 0. The minimum absolute atomic E-state index is 0. The van der Waals surface area contributed by atoms with Gasteiger partial charge in [0, 0.05) is 6.04 Å². The van der Waals surface area contributed by atoms with E-state index in [4.69, 9.17) is 15.2 Å². The molecule has 17 heavy (non-hydrogen) atoms. The van der Waals surface area contributed by atoms with Crippen molar-refractivity contribution in [3.8, 4) is 11.5 Å². The zero-order valence-electron chi connectivity index (χ0n) is 10.5. The summed E-state index contributed by atoms with van der Waals surface area (Å²) < 4.78 is 11.0. The van der Waals surface area contributed by atoms with Crippen molar-refractivity contribution in [3.63, 3.8) is 0 Å². The standard InChI is InChI=1S/C13H19NO2.ClH/c1-13(2,3)12(14)9-4-5-10-11(8-9)16-7-6-15-10;/h4-5,8,12H,6-7,14H2,1-3H3;1H/t12-;/m0./s1. The van der Waals surface area contributed by atoms with Crippen molar-refractivity contribution in [2.75, 3.05) is 13.2 Å². The molecule has 1 aromatic rings. The second-order valence-corrected chi connectivity index (χ2v) is 5.25. The monoisotopic (exact) mass is 257 g/mol. The number of hydrogen-bond donors (Lipinski definition) is 1. The molecule has 0 aromatic heterocycles. The number of rotatable bonds is 1. The zero-order valence-corrected chi connectivity index (χ0v) is 11.3. The van der Waals surface area contributed by atoms with E-state index in [-0.39, 0.29) is 23.9 Å². The molecule has 0 saturated heterocycles. The number of hydrogen-bond acceptors (Lipinski definition) is 3. The van der Waals surface area contributed by atoms with Gasteiger partial charge in [-0.25, -0.2) is 0 Å². The van der Waals surface area contributed by atoms with Gasteiger partial charge in [0.1, 0.15) is 13.2 Å². The number of benzene rings is 1. The molecule has 0 amide bonds. The number of nitrogens with two attached hydrogens (primary N) is 1. The second kappa shape index (κ2) is 5.15. The van der Waals surface area contributed by atoms with Gasteiger partial charge in [-0.3, -0.25) is 0 Å². The summed E-state index contributed by atoms with van der Waals surface area (Å²) in [6, 6.07) is 5.95. The first-order valence-electron chi connectivity index (χ1n) is 5.63. The van der Waals surface area contributed by atoms with Crippen molar-refractivity contribution >= 4 is 12.4 Å². The fraction of sp³-hybridized carbons (Fsp3) is 0.538. The lowest BCUT2D eigenvalue weighted by molar-refractivity contribution is 0.171. The minimum atomic E-state index is 0. The van der Waals surface area contributed by atoms with Gasteiger partial charge in [0.2, 0.25) is 0 Å². The van der Waals surface area contributed by atoms with Crippen LogP contribution in [0.2, 0.25) is 0 Å². The average molecular weight is 258 g/mol. The molecule has 0 fully saturated rings. The Labute approximate surface area is 109 Å². The van der Waals surface area contributed by atoms with E-state index in [1.807, 2.05) is 18.2 Å². The average Bonchev–Trinajstić information content (AvgIpc) is 2.26. The highest BCUT2D eigenvalue weighted by Gasteiger charge is 2.24. The molecule has 0 radical (unpaired) electrons. The summed E-state index contributed by atoms with van der Waals surface area (Å²) in [4.78, 5) is 0. The van der Waals surface area contributed by atoms with Gasteiger partial charge in [0.15, 0.2) is 11.5 Å². The maximum absolute atomic E-state index is 6.21. The molecule has 1 atom stereocenters. The number of halogens is 1. The number of fused-ring (bicyclic) bond motifs is 1. The van der Waals surface area contributed by atoms with Crippen molar-refractivity contribution in [1.82, 2.24) is 0 Å². The van der Waals surface area contributed by atoms with Gasteiger partial charge >= 0.3 is 0 Å². The third-order valence-corrected chi connectivity index (χ3v) is 2.86. The third kappa shape index (κ3) is 3.05. The molecule has 3 nitrogen and oxygen atoms in total. The molecule has 96 valence electrons. The SMILES string of the molecule is CC(C)(C)[C@@H](N)c1ccc2c(c1)OCCO2.Cl. The number of ether oxygens (including phenoxy) is 2. The van der Waals surface area contributed by atoms with Crippen LogP contribution in [0.3, 0.4) is 0 Å². The van der Waals surface area contributed by atoms with Crippen molar-refractivity contribution in [1.29, 1.82) is 0 Å². The third-order valence-electron chi connectivity index (χ3n) is 2.86. The van der Waals surface area contributed by atoms with Crippen LogP contribution < -0.4 is 15.2 Å². The van der Waals surface area contributed by atoms with Crippen molar-refractivity contribution in [2.24, 2.45) is 11.1 Å². The molecule has 1 aliphatic heterocycles. The Kier molecular flexibility index (Phi) is 4.28. The van der Waals surface area contributed by atoms with Crippen LogP contribution in [-0.2, 0) is 0 Å². The normalized spacial score (nSPS) is 16.0. The summed E-state index contributed by atoms with van der Waals surface area (Å²) in [5.74, 6) is 1.62. The van der Waals surface area contributed by atoms with Crippen LogP contribution in [0.5, 0.6) is 11.5 Å². The van der Waals surface area contributed by atoms with Gasteiger partial charge in [0.25, 0.3) is 0 Å². The molecule has 1 heterocycles. The van der Waals surface area contributed by atoms with Crippen molar-refractivity contribution < 1.29 is 9.47 Å². The van der Waals surface area contributed by atoms with Gasteiger partial charge in [-0.15, -0.1) is 12.4 Å². The fourth-order valence-corrected chi connectivity index (χ4v) is 1.75. The Hall–Kier alpha value is -0.930. The topological polar surface area (TPSA) is 44.5 Å². The van der Waals surface area contributed by atoms with E-state index in [1.54, 1.807) is 0 Å². The maximum atomic E-state index is 6.21. The van der Waals surface area contributed by atoms with Crippen LogP contribution in [0.4, 0.5) is 0 Å². The summed E-state index contributed by atoms with van der Waals surface area (Å²) >= 11 is 0. The fourth-order valence-electron chi connectivity index (χ4n) is 1.75. The summed E-state index contributed by atoms with van der Waals surface area (Å²) in [7, 11) is 0. The Balaban J connectivity index is 0.00000144. The van der Waals surface area contributed by atoms with Crippen LogP contribution >= 0.6 is 12.4 Å². The first kappa shape index (κ1) is 14.1. The predicted octanol–water partition coefficient (Wildman–Crippen LogP) is 2.93. The molecule has 2 N–H and O–H groups in total. The van der Waals surface area contributed by atoms with Crippen LogP contribution in [0.25, 0.3) is 0 Å². The largest absolute Gasteiger partial charge is 0.486 e. The van der Waals surface area contributed by atoms with E-state index in [1.165, 1.54) is 0 Å². The molecular formula is C13H20ClNO2. The Morgan fingerprint density at radius 3 is 2.29 bits per heavy atom. The second-order valence-electron chi connectivity index (χ2n) is 5.25. The Morgan fingerprint density at radius 1 is 1.12 bits per heavy atom. The highest BCUT2D eigenvalue weighted by molar-refractivity contribution is 5.85. The lowest BCUT2D eigenvalue weighted by Gasteiger charge is -2.28. The predicted molar refractivity (Wildman–Crippen MR) is 71.1 cm³/mol. The molecule has 1 aliphatic rings. The van der Waals surface area contributed by atoms with E-state index in [0.717, 1.165) is 17.1 Å².